The van der Waals surface area contributed by atoms with Gasteiger partial charge in [-0.05, 0) is 29.8 Å². The van der Waals surface area contributed by atoms with Gasteiger partial charge >= 0.3 is 0 Å². The molecule has 0 atom stereocenters. The molecule has 4 rings (SSSR count). The van der Waals surface area contributed by atoms with E-state index in [0.717, 1.165) is 46.9 Å². The van der Waals surface area contributed by atoms with Gasteiger partial charge in [0.1, 0.15) is 6.10 Å². The van der Waals surface area contributed by atoms with Gasteiger partial charge in [0.2, 0.25) is 5.91 Å². The SMILES string of the molecule is CC(C)Sc1ccc(CC(=O)N2CCC(Oc3nc4ccccc4s3)CC2)cc1. The minimum absolute atomic E-state index is 0.131. The molecule has 0 unspecified atom stereocenters. The summed E-state index contributed by atoms with van der Waals surface area (Å²) in [6.45, 7) is 5.86. The monoisotopic (exact) mass is 426 g/mol. The minimum Gasteiger partial charge on any atom is -0.467 e. The number of carbonyl (C=O) groups excluding carboxylic acids is 1. The molecule has 4 nitrogen and oxygen atoms in total. The van der Waals surface area contributed by atoms with Gasteiger partial charge in [-0.2, -0.15) is 0 Å². The summed E-state index contributed by atoms with van der Waals surface area (Å²) in [6.07, 6.45) is 2.31. The van der Waals surface area contributed by atoms with Crippen molar-refractivity contribution in [3.05, 3.63) is 54.1 Å². The van der Waals surface area contributed by atoms with Gasteiger partial charge in [0.15, 0.2) is 0 Å². The molecular formula is C23H26N2O2S2. The fourth-order valence-electron chi connectivity index (χ4n) is 3.51. The Labute approximate surface area is 180 Å². The molecule has 0 aliphatic carbocycles. The number of carbonyl (C=O) groups is 1. The molecule has 0 N–H and O–H groups in total. The Balaban J connectivity index is 1.27. The van der Waals surface area contributed by atoms with Crippen molar-refractivity contribution in [3.8, 4) is 5.19 Å². The molecule has 1 fully saturated rings. The second-order valence-corrected chi connectivity index (χ2v) is 10.3. The van der Waals surface area contributed by atoms with Gasteiger partial charge in [-0.3, -0.25) is 4.79 Å². The summed E-state index contributed by atoms with van der Waals surface area (Å²) in [5.41, 5.74) is 2.06. The van der Waals surface area contributed by atoms with Crippen molar-refractivity contribution < 1.29 is 9.53 Å². The predicted molar refractivity (Wildman–Crippen MR) is 121 cm³/mol. The number of hydrogen-bond donors (Lipinski definition) is 0. The van der Waals surface area contributed by atoms with Crippen molar-refractivity contribution in [2.24, 2.45) is 0 Å². The van der Waals surface area contributed by atoms with E-state index < -0.39 is 0 Å². The highest BCUT2D eigenvalue weighted by molar-refractivity contribution is 7.99. The van der Waals surface area contributed by atoms with Crippen LogP contribution in [-0.4, -0.2) is 40.2 Å². The first-order valence-electron chi connectivity index (χ1n) is 10.1. The first kappa shape index (κ1) is 20.2. The van der Waals surface area contributed by atoms with Gasteiger partial charge in [-0.1, -0.05) is 49.4 Å². The van der Waals surface area contributed by atoms with Crippen molar-refractivity contribution in [1.82, 2.24) is 9.88 Å². The molecule has 1 aromatic heterocycles. The number of nitrogens with zero attached hydrogens (tertiary/aromatic N) is 2. The fourth-order valence-corrected chi connectivity index (χ4v) is 5.23. The van der Waals surface area contributed by atoms with Crippen molar-refractivity contribution in [3.63, 3.8) is 0 Å². The molecule has 29 heavy (non-hydrogen) atoms. The molecule has 2 aromatic carbocycles. The van der Waals surface area contributed by atoms with E-state index in [1.807, 2.05) is 34.9 Å². The quantitative estimate of drug-likeness (QED) is 0.494. The number of benzene rings is 2. The number of fused-ring (bicyclic) bond motifs is 1. The average Bonchev–Trinajstić information content (AvgIpc) is 3.12. The van der Waals surface area contributed by atoms with E-state index in [-0.39, 0.29) is 12.0 Å². The first-order chi connectivity index (χ1) is 14.1. The fraction of sp³-hybridized carbons (Fsp3) is 0.391. The molecule has 1 aliphatic rings. The Morgan fingerprint density at radius 2 is 1.90 bits per heavy atom. The zero-order valence-corrected chi connectivity index (χ0v) is 18.5. The Bertz CT molecular complexity index is 927. The number of likely N-dealkylation sites (tertiary alicyclic amines) is 1. The topological polar surface area (TPSA) is 42.4 Å². The van der Waals surface area contributed by atoms with Crippen LogP contribution in [0.3, 0.4) is 0 Å². The predicted octanol–water partition coefficient (Wildman–Crippen LogP) is 5.41. The molecule has 6 heteroatoms. The van der Waals surface area contributed by atoms with Crippen LogP contribution in [0.5, 0.6) is 5.19 Å². The lowest BCUT2D eigenvalue weighted by Gasteiger charge is -2.31. The van der Waals surface area contributed by atoms with Gasteiger partial charge in [-0.15, -0.1) is 11.8 Å². The van der Waals surface area contributed by atoms with Crippen LogP contribution in [0, 0.1) is 0 Å². The Hall–Kier alpha value is -2.05. The number of aromatic nitrogens is 1. The molecule has 0 bridgehead atoms. The van der Waals surface area contributed by atoms with Crippen LogP contribution in [0.4, 0.5) is 0 Å². The van der Waals surface area contributed by atoms with E-state index >= 15 is 0 Å². The zero-order chi connectivity index (χ0) is 20.2. The second kappa shape index (κ2) is 9.18. The van der Waals surface area contributed by atoms with Gasteiger partial charge in [-0.25, -0.2) is 4.98 Å². The van der Waals surface area contributed by atoms with E-state index in [0.29, 0.717) is 11.7 Å². The van der Waals surface area contributed by atoms with Crippen molar-refractivity contribution in [2.75, 3.05) is 13.1 Å². The third-order valence-electron chi connectivity index (χ3n) is 4.99. The van der Waals surface area contributed by atoms with E-state index in [2.05, 4.69) is 49.2 Å². The van der Waals surface area contributed by atoms with Crippen LogP contribution in [0.1, 0.15) is 32.3 Å². The number of para-hydroxylation sites is 1. The van der Waals surface area contributed by atoms with Crippen LogP contribution < -0.4 is 4.74 Å². The lowest BCUT2D eigenvalue weighted by Crippen LogP contribution is -2.42. The maximum atomic E-state index is 12.7. The van der Waals surface area contributed by atoms with Gasteiger partial charge in [0, 0.05) is 36.1 Å². The molecule has 3 aromatic rings. The van der Waals surface area contributed by atoms with Crippen LogP contribution >= 0.6 is 23.1 Å². The summed E-state index contributed by atoms with van der Waals surface area (Å²) in [4.78, 5) is 20.5. The minimum atomic E-state index is 0.131. The zero-order valence-electron chi connectivity index (χ0n) is 16.8. The van der Waals surface area contributed by atoms with E-state index in [4.69, 9.17) is 4.74 Å². The van der Waals surface area contributed by atoms with Crippen LogP contribution in [0.25, 0.3) is 10.2 Å². The van der Waals surface area contributed by atoms with Crippen molar-refractivity contribution in [2.45, 2.75) is 49.4 Å². The number of thioether (sulfide) groups is 1. The number of amides is 1. The maximum absolute atomic E-state index is 12.7. The molecule has 0 spiro atoms. The number of piperidine rings is 1. The Morgan fingerprint density at radius 1 is 1.17 bits per heavy atom. The summed E-state index contributed by atoms with van der Waals surface area (Å²) in [5.74, 6) is 0.202. The molecule has 0 radical (unpaired) electrons. The largest absolute Gasteiger partial charge is 0.467 e. The summed E-state index contributed by atoms with van der Waals surface area (Å²) in [7, 11) is 0. The molecule has 152 valence electrons. The first-order valence-corrected chi connectivity index (χ1v) is 11.8. The Morgan fingerprint density at radius 3 is 2.59 bits per heavy atom. The summed E-state index contributed by atoms with van der Waals surface area (Å²) in [6, 6.07) is 16.5. The maximum Gasteiger partial charge on any atom is 0.274 e. The van der Waals surface area contributed by atoms with Crippen molar-refractivity contribution >= 4 is 39.2 Å². The second-order valence-electron chi connectivity index (χ2n) is 7.63. The van der Waals surface area contributed by atoms with Crippen LogP contribution in [0.2, 0.25) is 0 Å². The van der Waals surface area contributed by atoms with E-state index in [1.54, 1.807) is 11.3 Å². The van der Waals surface area contributed by atoms with Crippen LogP contribution in [0.15, 0.2) is 53.4 Å². The number of rotatable bonds is 6. The lowest BCUT2D eigenvalue weighted by molar-refractivity contribution is -0.132. The smallest absolute Gasteiger partial charge is 0.274 e. The highest BCUT2D eigenvalue weighted by Gasteiger charge is 2.24. The highest BCUT2D eigenvalue weighted by atomic mass is 32.2. The third-order valence-corrected chi connectivity index (χ3v) is 6.93. The molecule has 1 aliphatic heterocycles. The highest BCUT2D eigenvalue weighted by Crippen LogP contribution is 2.29. The van der Waals surface area contributed by atoms with E-state index in [1.165, 1.54) is 4.90 Å². The number of ether oxygens (including phenoxy) is 1. The normalized spacial score (nSPS) is 15.2. The van der Waals surface area contributed by atoms with Crippen molar-refractivity contribution in [1.29, 1.82) is 0 Å². The molecule has 1 saturated heterocycles. The summed E-state index contributed by atoms with van der Waals surface area (Å²) in [5, 5.41) is 1.30. The third kappa shape index (κ3) is 5.31. The average molecular weight is 427 g/mol. The van der Waals surface area contributed by atoms with Crippen LogP contribution in [-0.2, 0) is 11.2 Å². The molecule has 2 heterocycles. The van der Waals surface area contributed by atoms with Gasteiger partial charge in [0.05, 0.1) is 16.6 Å². The Kier molecular flexibility index (Phi) is 6.40. The summed E-state index contributed by atoms with van der Waals surface area (Å²) < 4.78 is 7.24. The number of hydrogen-bond acceptors (Lipinski definition) is 5. The molecular weight excluding hydrogens is 400 g/mol. The van der Waals surface area contributed by atoms with E-state index in [9.17, 15) is 4.79 Å². The van der Waals surface area contributed by atoms with Gasteiger partial charge < -0.3 is 9.64 Å². The lowest BCUT2D eigenvalue weighted by atomic mass is 10.1. The summed E-state index contributed by atoms with van der Waals surface area (Å²) >= 11 is 3.43. The standard InChI is InChI=1S/C23H26N2O2S2/c1-16(2)28-19-9-7-17(8-10-19)15-22(26)25-13-11-18(12-14-25)27-23-24-20-5-3-4-6-21(20)29-23/h3-10,16,18H,11-15H2,1-2H3. The van der Waals surface area contributed by atoms with Gasteiger partial charge in [0.25, 0.3) is 5.19 Å². The number of thiazole rings is 1. The molecule has 0 saturated carbocycles. The molecule has 1 amide bonds.